The zero-order chi connectivity index (χ0) is 19.1. The Bertz CT molecular complexity index is 1370. The lowest BCUT2D eigenvalue weighted by Gasteiger charge is -2.09. The number of fused-ring (bicyclic) bond motifs is 2. The van der Waals surface area contributed by atoms with Gasteiger partial charge in [-0.25, -0.2) is 4.98 Å². The predicted octanol–water partition coefficient (Wildman–Crippen LogP) is 3.46. The first-order valence-corrected chi connectivity index (χ1v) is 9.01. The normalized spacial score (nSPS) is 11.3. The molecule has 0 fully saturated rings. The lowest BCUT2D eigenvalue weighted by atomic mass is 10.0. The Balaban J connectivity index is 1.59. The number of hydrogen-bond donors (Lipinski definition) is 0. The van der Waals surface area contributed by atoms with Crippen LogP contribution in [0.2, 0.25) is 0 Å². The van der Waals surface area contributed by atoms with Crippen LogP contribution in [-0.4, -0.2) is 23.9 Å². The van der Waals surface area contributed by atoms with Crippen molar-refractivity contribution in [2.24, 2.45) is 0 Å². The minimum absolute atomic E-state index is 0.0749. The van der Waals surface area contributed by atoms with Crippen LogP contribution in [0.5, 0.6) is 0 Å². The molecule has 5 rings (SSSR count). The van der Waals surface area contributed by atoms with E-state index in [0.29, 0.717) is 11.9 Å². The van der Waals surface area contributed by atoms with Crippen LogP contribution in [0.15, 0.2) is 78.5 Å². The summed E-state index contributed by atoms with van der Waals surface area (Å²) >= 11 is 0. The fraction of sp³-hybridized carbons (Fsp3) is 0.0909. The molecule has 5 aromatic rings. The molecule has 0 aromatic carbocycles. The highest BCUT2D eigenvalue weighted by molar-refractivity contribution is 5.95. The second kappa shape index (κ2) is 6.42. The molecular formula is C22H17N5O. The quantitative estimate of drug-likeness (QED) is 0.490. The van der Waals surface area contributed by atoms with Crippen LogP contribution >= 0.6 is 0 Å². The van der Waals surface area contributed by atoms with Crippen molar-refractivity contribution in [3.63, 3.8) is 0 Å². The third-order valence-electron chi connectivity index (χ3n) is 4.87. The van der Waals surface area contributed by atoms with E-state index in [1.165, 1.54) is 0 Å². The Kier molecular flexibility index (Phi) is 3.76. The van der Waals surface area contributed by atoms with Crippen LogP contribution in [0.4, 0.5) is 0 Å². The summed E-state index contributed by atoms with van der Waals surface area (Å²) in [4.78, 5) is 26.0. The molecule has 0 aliphatic carbocycles. The number of pyridine rings is 4. The van der Waals surface area contributed by atoms with E-state index in [-0.39, 0.29) is 5.56 Å². The maximum absolute atomic E-state index is 13.1. The van der Waals surface area contributed by atoms with Crippen LogP contribution in [0.3, 0.4) is 0 Å². The Morgan fingerprint density at radius 2 is 1.79 bits per heavy atom. The van der Waals surface area contributed by atoms with Crippen molar-refractivity contribution >= 4 is 16.4 Å². The molecule has 0 radical (unpaired) electrons. The lowest BCUT2D eigenvalue weighted by Crippen LogP contribution is -2.20. The fourth-order valence-corrected chi connectivity index (χ4v) is 3.50. The standard InChI is InChI=1S/C22H17N5O/c1-15-2-3-21-25-17(14-27(21)12-15)13-26-9-6-18-19(16-4-7-23-8-5-16)10-24-11-20(18)22(26)28/h2-12,14H,13H2,1H3. The molecule has 0 saturated heterocycles. The molecule has 0 N–H and O–H groups in total. The third kappa shape index (κ3) is 2.75. The first kappa shape index (κ1) is 16.4. The van der Waals surface area contributed by atoms with E-state index in [9.17, 15) is 4.79 Å². The summed E-state index contributed by atoms with van der Waals surface area (Å²) < 4.78 is 3.66. The summed E-state index contributed by atoms with van der Waals surface area (Å²) in [5.74, 6) is 0. The van der Waals surface area contributed by atoms with Gasteiger partial charge < -0.3 is 8.97 Å². The van der Waals surface area contributed by atoms with Gasteiger partial charge in [-0.2, -0.15) is 0 Å². The molecule has 0 aliphatic rings. The van der Waals surface area contributed by atoms with Crippen LogP contribution in [0.25, 0.3) is 27.5 Å². The van der Waals surface area contributed by atoms with E-state index in [0.717, 1.165) is 33.4 Å². The molecule has 0 spiro atoms. The predicted molar refractivity (Wildman–Crippen MR) is 108 cm³/mol. The summed E-state index contributed by atoms with van der Waals surface area (Å²) in [6.45, 7) is 2.45. The second-order valence-electron chi connectivity index (χ2n) is 6.84. The molecule has 0 aliphatic heterocycles. The lowest BCUT2D eigenvalue weighted by molar-refractivity contribution is 0.752. The van der Waals surface area contributed by atoms with E-state index >= 15 is 0 Å². The molecular weight excluding hydrogens is 350 g/mol. The van der Waals surface area contributed by atoms with Gasteiger partial charge in [0.05, 0.1) is 17.6 Å². The Morgan fingerprint density at radius 1 is 0.929 bits per heavy atom. The highest BCUT2D eigenvalue weighted by atomic mass is 16.1. The van der Waals surface area contributed by atoms with Gasteiger partial charge in [-0.15, -0.1) is 0 Å². The molecule has 136 valence electrons. The number of aromatic nitrogens is 5. The van der Waals surface area contributed by atoms with E-state index in [1.54, 1.807) is 29.4 Å². The molecule has 0 saturated carbocycles. The average Bonchev–Trinajstić information content (AvgIpc) is 3.12. The zero-order valence-corrected chi connectivity index (χ0v) is 15.3. The monoisotopic (exact) mass is 367 g/mol. The number of hydrogen-bond acceptors (Lipinski definition) is 4. The third-order valence-corrected chi connectivity index (χ3v) is 4.87. The smallest absolute Gasteiger partial charge is 0.260 e. The summed E-state index contributed by atoms with van der Waals surface area (Å²) in [6, 6.07) is 9.81. The van der Waals surface area contributed by atoms with Gasteiger partial charge in [-0.1, -0.05) is 6.07 Å². The Morgan fingerprint density at radius 3 is 2.64 bits per heavy atom. The van der Waals surface area contributed by atoms with Crippen molar-refractivity contribution in [2.45, 2.75) is 13.5 Å². The number of imidazole rings is 1. The first-order chi connectivity index (χ1) is 13.7. The molecule has 5 heterocycles. The highest BCUT2D eigenvalue weighted by Crippen LogP contribution is 2.25. The zero-order valence-electron chi connectivity index (χ0n) is 15.3. The minimum Gasteiger partial charge on any atom is -0.309 e. The first-order valence-electron chi connectivity index (χ1n) is 9.01. The van der Waals surface area contributed by atoms with Gasteiger partial charge >= 0.3 is 0 Å². The van der Waals surface area contributed by atoms with Gasteiger partial charge in [0.25, 0.3) is 5.56 Å². The van der Waals surface area contributed by atoms with Crippen molar-refractivity contribution in [2.75, 3.05) is 0 Å². The van der Waals surface area contributed by atoms with Gasteiger partial charge in [0, 0.05) is 48.9 Å². The molecule has 0 amide bonds. The largest absolute Gasteiger partial charge is 0.309 e. The van der Waals surface area contributed by atoms with Crippen LogP contribution < -0.4 is 5.56 Å². The van der Waals surface area contributed by atoms with E-state index in [1.807, 2.05) is 60.2 Å². The van der Waals surface area contributed by atoms with Crippen molar-refractivity contribution in [1.29, 1.82) is 0 Å². The molecule has 28 heavy (non-hydrogen) atoms. The molecule has 6 nitrogen and oxygen atoms in total. The van der Waals surface area contributed by atoms with Crippen molar-refractivity contribution in [3.8, 4) is 11.1 Å². The summed E-state index contributed by atoms with van der Waals surface area (Å²) in [6.07, 6.45) is 12.7. The number of rotatable bonds is 3. The van der Waals surface area contributed by atoms with Gasteiger partial charge in [0.2, 0.25) is 0 Å². The van der Waals surface area contributed by atoms with Gasteiger partial charge in [0.1, 0.15) is 5.65 Å². The number of nitrogens with zero attached hydrogens (tertiary/aromatic N) is 5. The SMILES string of the molecule is Cc1ccc2nc(Cn3ccc4c(-c5ccncc5)cncc4c3=O)cn2c1. The van der Waals surface area contributed by atoms with E-state index in [4.69, 9.17) is 0 Å². The minimum atomic E-state index is -0.0749. The Hall–Kier alpha value is -3.80. The highest BCUT2D eigenvalue weighted by Gasteiger charge is 2.10. The second-order valence-corrected chi connectivity index (χ2v) is 6.84. The van der Waals surface area contributed by atoms with Crippen molar-refractivity contribution in [3.05, 3.63) is 95.3 Å². The van der Waals surface area contributed by atoms with Gasteiger partial charge in [-0.3, -0.25) is 14.8 Å². The molecule has 6 heteroatoms. The van der Waals surface area contributed by atoms with Crippen molar-refractivity contribution < 1.29 is 0 Å². The van der Waals surface area contributed by atoms with Crippen LogP contribution in [0.1, 0.15) is 11.3 Å². The van der Waals surface area contributed by atoms with Gasteiger partial charge in [0.15, 0.2) is 0 Å². The summed E-state index contributed by atoms with van der Waals surface area (Å²) in [5, 5.41) is 1.48. The maximum Gasteiger partial charge on any atom is 0.260 e. The van der Waals surface area contributed by atoms with Gasteiger partial charge in [-0.05, 0) is 47.7 Å². The molecule has 5 aromatic heterocycles. The summed E-state index contributed by atoms with van der Waals surface area (Å²) in [7, 11) is 0. The maximum atomic E-state index is 13.1. The molecule has 0 bridgehead atoms. The topological polar surface area (TPSA) is 65.1 Å². The Labute approximate surface area is 160 Å². The van der Waals surface area contributed by atoms with Crippen LogP contribution in [0, 0.1) is 6.92 Å². The molecule has 0 unspecified atom stereocenters. The molecule has 0 atom stereocenters. The fourth-order valence-electron chi connectivity index (χ4n) is 3.50. The van der Waals surface area contributed by atoms with Crippen LogP contribution in [-0.2, 0) is 6.54 Å². The van der Waals surface area contributed by atoms with E-state index in [2.05, 4.69) is 15.0 Å². The average molecular weight is 367 g/mol. The summed E-state index contributed by atoms with van der Waals surface area (Å²) in [5.41, 5.74) is 4.71. The van der Waals surface area contributed by atoms with E-state index < -0.39 is 0 Å². The number of aryl methyl sites for hydroxylation is 1. The van der Waals surface area contributed by atoms with Crippen molar-refractivity contribution in [1.82, 2.24) is 23.9 Å².